The van der Waals surface area contributed by atoms with Crippen LogP contribution in [0.3, 0.4) is 0 Å². The number of hydrogen-bond acceptors (Lipinski definition) is 1. The molecule has 4 heteroatoms. The molecule has 2 rings (SSSR count). The maximum atomic E-state index is 13.3. The van der Waals surface area contributed by atoms with Crippen molar-refractivity contribution in [1.29, 1.82) is 0 Å². The molecule has 0 saturated carbocycles. The minimum Gasteiger partial charge on any atom is -0.220 e. The lowest BCUT2D eigenvalue weighted by atomic mass is 10.1. The van der Waals surface area contributed by atoms with E-state index in [-0.39, 0.29) is 11.3 Å². The van der Waals surface area contributed by atoms with Crippen LogP contribution in [0.1, 0.15) is 0 Å². The summed E-state index contributed by atoms with van der Waals surface area (Å²) in [4.78, 5) is 3.47. The fraction of sp³-hybridized carbons (Fsp3) is 0. The van der Waals surface area contributed by atoms with Gasteiger partial charge < -0.3 is 0 Å². The topological polar surface area (TPSA) is 12.9 Å². The first-order chi connectivity index (χ1) is 7.16. The van der Waals surface area contributed by atoms with Crippen LogP contribution in [0, 0.1) is 17.6 Å². The number of pyridine rings is 1. The smallest absolute Gasteiger partial charge is 0.213 e. The van der Waals surface area contributed by atoms with Gasteiger partial charge in [0.25, 0.3) is 0 Å². The molecule has 0 saturated heterocycles. The van der Waals surface area contributed by atoms with E-state index in [0.29, 0.717) is 0 Å². The van der Waals surface area contributed by atoms with Gasteiger partial charge in [0.15, 0.2) is 0 Å². The van der Waals surface area contributed by atoms with Crippen LogP contribution in [0.2, 0.25) is 0 Å². The van der Waals surface area contributed by atoms with Crippen molar-refractivity contribution in [3.63, 3.8) is 0 Å². The molecule has 0 unspecified atom stereocenters. The molecule has 76 valence electrons. The summed E-state index contributed by atoms with van der Waals surface area (Å²) in [6.45, 7) is 0. The lowest BCUT2D eigenvalue weighted by molar-refractivity contribution is 0.582. The Morgan fingerprint density at radius 3 is 2.47 bits per heavy atom. The van der Waals surface area contributed by atoms with Crippen molar-refractivity contribution in [3.05, 3.63) is 54.0 Å². The van der Waals surface area contributed by atoms with Crippen LogP contribution in [0.4, 0.5) is 13.2 Å². The third-order valence-corrected chi connectivity index (χ3v) is 1.92. The van der Waals surface area contributed by atoms with E-state index in [1.165, 1.54) is 12.1 Å². The van der Waals surface area contributed by atoms with E-state index < -0.39 is 17.6 Å². The van der Waals surface area contributed by atoms with E-state index in [1.54, 1.807) is 0 Å². The molecule has 0 aliphatic carbocycles. The summed E-state index contributed by atoms with van der Waals surface area (Å²) in [5.74, 6) is -1.94. The van der Waals surface area contributed by atoms with Crippen molar-refractivity contribution in [1.82, 2.24) is 4.98 Å². The van der Waals surface area contributed by atoms with E-state index in [1.807, 2.05) is 0 Å². The first kappa shape index (κ1) is 9.71. The van der Waals surface area contributed by atoms with Crippen LogP contribution in [-0.2, 0) is 0 Å². The molecule has 1 heterocycles. The molecule has 1 aromatic carbocycles. The number of aromatic nitrogens is 1. The fourth-order valence-electron chi connectivity index (χ4n) is 1.25. The monoisotopic (exact) mass is 209 g/mol. The predicted molar refractivity (Wildman–Crippen MR) is 49.5 cm³/mol. The normalized spacial score (nSPS) is 10.3. The summed E-state index contributed by atoms with van der Waals surface area (Å²) in [6, 6.07) is 6.91. The van der Waals surface area contributed by atoms with Crippen LogP contribution in [-0.4, -0.2) is 4.98 Å². The minimum absolute atomic E-state index is 0.0468. The van der Waals surface area contributed by atoms with Crippen LogP contribution in [0.5, 0.6) is 0 Å². The van der Waals surface area contributed by atoms with Crippen molar-refractivity contribution in [2.24, 2.45) is 0 Å². The van der Waals surface area contributed by atoms with Crippen LogP contribution in [0.25, 0.3) is 11.3 Å². The number of nitrogens with zero attached hydrogens (tertiary/aromatic N) is 1. The van der Waals surface area contributed by atoms with Crippen molar-refractivity contribution >= 4 is 0 Å². The highest BCUT2D eigenvalue weighted by Gasteiger charge is 2.08. The molecule has 1 nitrogen and oxygen atoms in total. The van der Waals surface area contributed by atoms with Gasteiger partial charge in [0.2, 0.25) is 5.95 Å². The first-order valence-corrected chi connectivity index (χ1v) is 4.25. The number of rotatable bonds is 1. The number of hydrogen-bond donors (Lipinski definition) is 0. The maximum absolute atomic E-state index is 13.3. The van der Waals surface area contributed by atoms with Crippen LogP contribution >= 0.6 is 0 Å². The standard InChI is InChI=1S/C11H6F3N/c12-7-4-5-9(13)8(6-7)10-2-1-3-11(14)15-10/h1-6H. The van der Waals surface area contributed by atoms with Gasteiger partial charge in [-0.3, -0.25) is 0 Å². The second-order valence-corrected chi connectivity index (χ2v) is 2.97. The quantitative estimate of drug-likeness (QED) is 0.657. The van der Waals surface area contributed by atoms with Gasteiger partial charge in [-0.2, -0.15) is 4.39 Å². The molecule has 0 aliphatic rings. The average molecular weight is 209 g/mol. The van der Waals surface area contributed by atoms with Gasteiger partial charge in [-0.15, -0.1) is 0 Å². The SMILES string of the molecule is Fc1ccc(F)c(-c2cccc(F)n2)c1. The lowest BCUT2D eigenvalue weighted by Crippen LogP contribution is -1.91. The second kappa shape index (κ2) is 3.73. The molecule has 0 amide bonds. The van der Waals surface area contributed by atoms with E-state index in [9.17, 15) is 13.2 Å². The maximum Gasteiger partial charge on any atom is 0.213 e. The molecular formula is C11H6F3N. The Morgan fingerprint density at radius 2 is 1.73 bits per heavy atom. The minimum atomic E-state index is -0.726. The lowest BCUT2D eigenvalue weighted by Gasteiger charge is -2.02. The fourth-order valence-corrected chi connectivity index (χ4v) is 1.25. The summed E-state index contributed by atoms with van der Waals surface area (Å²) < 4.78 is 38.9. The molecule has 0 atom stereocenters. The van der Waals surface area contributed by atoms with E-state index >= 15 is 0 Å². The molecule has 0 fully saturated rings. The molecule has 2 aromatic rings. The van der Waals surface area contributed by atoms with Gasteiger partial charge in [0.1, 0.15) is 11.6 Å². The molecule has 0 aliphatic heterocycles. The summed E-state index contributed by atoms with van der Waals surface area (Å²) >= 11 is 0. The number of halogens is 3. The molecule has 0 N–H and O–H groups in total. The predicted octanol–water partition coefficient (Wildman–Crippen LogP) is 3.17. The molecule has 15 heavy (non-hydrogen) atoms. The summed E-state index contributed by atoms with van der Waals surface area (Å²) in [6.07, 6.45) is 0. The zero-order chi connectivity index (χ0) is 10.8. The Kier molecular flexibility index (Phi) is 2.41. The third kappa shape index (κ3) is 1.98. The van der Waals surface area contributed by atoms with Gasteiger partial charge in [-0.25, -0.2) is 13.8 Å². The second-order valence-electron chi connectivity index (χ2n) is 2.97. The molecular weight excluding hydrogens is 203 g/mol. The first-order valence-electron chi connectivity index (χ1n) is 4.25. The number of benzene rings is 1. The Balaban J connectivity index is 2.58. The van der Waals surface area contributed by atoms with Crippen LogP contribution in [0.15, 0.2) is 36.4 Å². The zero-order valence-electron chi connectivity index (χ0n) is 7.55. The Labute approximate surface area is 84.2 Å². The van der Waals surface area contributed by atoms with Gasteiger partial charge >= 0.3 is 0 Å². The Bertz CT molecular complexity index is 497. The molecule has 0 radical (unpaired) electrons. The summed E-state index contributed by atoms with van der Waals surface area (Å²) in [5, 5.41) is 0. The highest BCUT2D eigenvalue weighted by Crippen LogP contribution is 2.21. The van der Waals surface area contributed by atoms with Crippen LogP contribution < -0.4 is 0 Å². The molecule has 1 aromatic heterocycles. The van der Waals surface area contributed by atoms with Crippen molar-refractivity contribution in [2.45, 2.75) is 0 Å². The summed E-state index contributed by atoms with van der Waals surface area (Å²) in [7, 11) is 0. The van der Waals surface area contributed by atoms with E-state index in [0.717, 1.165) is 24.3 Å². The molecule has 0 bridgehead atoms. The van der Waals surface area contributed by atoms with Gasteiger partial charge in [-0.1, -0.05) is 6.07 Å². The average Bonchev–Trinajstić information content (AvgIpc) is 2.22. The highest BCUT2D eigenvalue weighted by molar-refractivity contribution is 5.59. The highest BCUT2D eigenvalue weighted by atomic mass is 19.1. The zero-order valence-corrected chi connectivity index (χ0v) is 7.55. The largest absolute Gasteiger partial charge is 0.220 e. The van der Waals surface area contributed by atoms with Gasteiger partial charge in [0, 0.05) is 5.56 Å². The van der Waals surface area contributed by atoms with E-state index in [4.69, 9.17) is 0 Å². The van der Waals surface area contributed by atoms with Gasteiger partial charge in [-0.05, 0) is 30.3 Å². The Morgan fingerprint density at radius 1 is 0.933 bits per heavy atom. The molecule has 0 spiro atoms. The third-order valence-electron chi connectivity index (χ3n) is 1.92. The van der Waals surface area contributed by atoms with E-state index in [2.05, 4.69) is 4.98 Å². The van der Waals surface area contributed by atoms with Crippen molar-refractivity contribution in [2.75, 3.05) is 0 Å². The summed E-state index contributed by atoms with van der Waals surface area (Å²) in [5.41, 5.74) is 0.0292. The van der Waals surface area contributed by atoms with Crippen molar-refractivity contribution < 1.29 is 13.2 Å². The van der Waals surface area contributed by atoms with Gasteiger partial charge in [0.05, 0.1) is 5.69 Å². The Hall–Kier alpha value is -1.84. The van der Waals surface area contributed by atoms with Crippen molar-refractivity contribution in [3.8, 4) is 11.3 Å².